The predicted octanol–water partition coefficient (Wildman–Crippen LogP) is 3.07. The lowest BCUT2D eigenvalue weighted by atomic mass is 10.1. The first-order valence-corrected chi connectivity index (χ1v) is 9.17. The van der Waals surface area contributed by atoms with Gasteiger partial charge in [0.2, 0.25) is 5.91 Å². The first kappa shape index (κ1) is 18.8. The van der Waals surface area contributed by atoms with Crippen molar-refractivity contribution in [2.24, 2.45) is 0 Å². The highest BCUT2D eigenvalue weighted by Crippen LogP contribution is 2.14. The second-order valence-electron chi connectivity index (χ2n) is 6.98. The number of carbonyl (C=O) groups excluding carboxylic acids is 3. The molecule has 0 N–H and O–H groups in total. The number of Topliss-reactive ketones (excluding diaryl/α,β-unsaturated/α-hetero) is 1. The molecule has 1 fully saturated rings. The Labute approximate surface area is 159 Å². The minimum Gasteiger partial charge on any atom is -0.337 e. The maximum absolute atomic E-state index is 12.8. The van der Waals surface area contributed by atoms with E-state index in [1.54, 1.807) is 29.2 Å². The molecule has 5 nitrogen and oxygen atoms in total. The number of hydrogen-bond acceptors (Lipinski definition) is 3. The number of aryl methyl sites for hydroxylation is 1. The molecular formula is C22H24N2O3. The topological polar surface area (TPSA) is 57.7 Å². The van der Waals surface area contributed by atoms with Gasteiger partial charge in [-0.25, -0.2) is 0 Å². The van der Waals surface area contributed by atoms with Crippen LogP contribution in [-0.4, -0.2) is 47.0 Å². The average Bonchev–Trinajstić information content (AvgIpc) is 2.83. The fourth-order valence-corrected chi connectivity index (χ4v) is 3.30. The fraction of sp³-hybridized carbons (Fsp3) is 0.318. The summed E-state index contributed by atoms with van der Waals surface area (Å²) in [6, 6.07) is 14.8. The highest BCUT2D eigenvalue weighted by atomic mass is 16.2. The number of nitrogens with zero attached hydrogens (tertiary/aromatic N) is 2. The molecule has 0 unspecified atom stereocenters. The predicted molar refractivity (Wildman–Crippen MR) is 104 cm³/mol. The fourth-order valence-electron chi connectivity index (χ4n) is 3.30. The number of rotatable bonds is 4. The monoisotopic (exact) mass is 364 g/mol. The van der Waals surface area contributed by atoms with Crippen LogP contribution in [0.2, 0.25) is 0 Å². The van der Waals surface area contributed by atoms with E-state index in [0.717, 1.165) is 5.56 Å². The molecule has 3 rings (SSSR count). The maximum Gasteiger partial charge on any atom is 0.253 e. The molecule has 1 heterocycles. The molecule has 5 heteroatoms. The maximum atomic E-state index is 12.8. The normalized spacial score (nSPS) is 14.8. The Balaban J connectivity index is 1.66. The third kappa shape index (κ3) is 4.61. The summed E-state index contributed by atoms with van der Waals surface area (Å²) in [5.41, 5.74) is 3.39. The van der Waals surface area contributed by atoms with E-state index in [9.17, 15) is 14.4 Å². The van der Waals surface area contributed by atoms with Crippen LogP contribution < -0.4 is 0 Å². The molecule has 1 aliphatic heterocycles. The van der Waals surface area contributed by atoms with Crippen LogP contribution >= 0.6 is 0 Å². The first-order chi connectivity index (χ1) is 12.9. The van der Waals surface area contributed by atoms with E-state index in [4.69, 9.17) is 0 Å². The summed E-state index contributed by atoms with van der Waals surface area (Å²) in [6.45, 7) is 5.53. The first-order valence-electron chi connectivity index (χ1n) is 9.17. The lowest BCUT2D eigenvalue weighted by Crippen LogP contribution is -2.35. The van der Waals surface area contributed by atoms with Crippen molar-refractivity contribution in [3.63, 3.8) is 0 Å². The molecule has 0 bridgehead atoms. The van der Waals surface area contributed by atoms with Crippen molar-refractivity contribution in [3.05, 3.63) is 70.8 Å². The van der Waals surface area contributed by atoms with Crippen molar-refractivity contribution in [1.29, 1.82) is 0 Å². The van der Waals surface area contributed by atoms with Gasteiger partial charge < -0.3 is 9.80 Å². The number of carbonyl (C=O) groups is 3. The highest BCUT2D eigenvalue weighted by molar-refractivity contribution is 5.98. The Morgan fingerprint density at radius 2 is 1.67 bits per heavy atom. The van der Waals surface area contributed by atoms with Crippen LogP contribution in [0, 0.1) is 6.92 Å². The average molecular weight is 364 g/mol. The van der Waals surface area contributed by atoms with Gasteiger partial charge in [0.05, 0.1) is 0 Å². The van der Waals surface area contributed by atoms with Gasteiger partial charge in [0.1, 0.15) is 0 Å². The van der Waals surface area contributed by atoms with Gasteiger partial charge in [-0.1, -0.05) is 42.0 Å². The molecule has 27 heavy (non-hydrogen) atoms. The van der Waals surface area contributed by atoms with Crippen LogP contribution in [0.1, 0.15) is 45.2 Å². The van der Waals surface area contributed by atoms with E-state index in [2.05, 4.69) is 6.07 Å². The lowest BCUT2D eigenvalue weighted by Gasteiger charge is -2.22. The molecule has 0 saturated carbocycles. The molecule has 0 spiro atoms. The zero-order chi connectivity index (χ0) is 19.4. The van der Waals surface area contributed by atoms with Gasteiger partial charge in [-0.15, -0.1) is 0 Å². The molecular weight excluding hydrogens is 340 g/mol. The summed E-state index contributed by atoms with van der Waals surface area (Å²) in [4.78, 5) is 40.2. The Hall–Kier alpha value is -2.95. The molecule has 1 saturated heterocycles. The number of benzene rings is 2. The second kappa shape index (κ2) is 8.16. The van der Waals surface area contributed by atoms with Crippen LogP contribution in [-0.2, 0) is 11.3 Å². The zero-order valence-electron chi connectivity index (χ0n) is 15.8. The second-order valence-corrected chi connectivity index (χ2v) is 6.98. The lowest BCUT2D eigenvalue weighted by molar-refractivity contribution is -0.130. The van der Waals surface area contributed by atoms with Crippen LogP contribution in [0.3, 0.4) is 0 Å². The minimum atomic E-state index is -0.102. The zero-order valence-corrected chi connectivity index (χ0v) is 15.8. The Morgan fingerprint density at radius 3 is 2.33 bits per heavy atom. The smallest absolute Gasteiger partial charge is 0.253 e. The van der Waals surface area contributed by atoms with Crippen molar-refractivity contribution in [3.8, 4) is 0 Å². The van der Waals surface area contributed by atoms with Gasteiger partial charge in [-0.05, 0) is 31.5 Å². The number of ketones is 1. The molecule has 0 aliphatic carbocycles. The quantitative estimate of drug-likeness (QED) is 0.784. The standard InChI is InChI=1S/C22H24N2O3/c1-16-4-3-5-18(14-16)15-24-13-12-23(11-10-21(24)26)22(27)20-8-6-19(7-9-20)17(2)25/h3-9,14H,10-13,15H2,1-2H3. The molecule has 0 radical (unpaired) electrons. The van der Waals surface area contributed by atoms with Gasteiger partial charge >= 0.3 is 0 Å². The van der Waals surface area contributed by atoms with Crippen LogP contribution in [0.5, 0.6) is 0 Å². The van der Waals surface area contributed by atoms with Crippen molar-refractivity contribution < 1.29 is 14.4 Å². The Bertz CT molecular complexity index is 858. The van der Waals surface area contributed by atoms with Crippen molar-refractivity contribution >= 4 is 17.6 Å². The summed E-state index contributed by atoms with van der Waals surface area (Å²) in [7, 11) is 0. The van der Waals surface area contributed by atoms with Crippen LogP contribution in [0.15, 0.2) is 48.5 Å². The summed E-state index contributed by atoms with van der Waals surface area (Å²) >= 11 is 0. The van der Waals surface area contributed by atoms with Gasteiger partial charge in [0.15, 0.2) is 5.78 Å². The van der Waals surface area contributed by atoms with Gasteiger partial charge in [0.25, 0.3) is 5.91 Å². The van der Waals surface area contributed by atoms with E-state index in [0.29, 0.717) is 43.7 Å². The van der Waals surface area contributed by atoms with E-state index >= 15 is 0 Å². The summed E-state index contributed by atoms with van der Waals surface area (Å²) in [6.07, 6.45) is 0.323. The largest absolute Gasteiger partial charge is 0.337 e. The van der Waals surface area contributed by atoms with E-state index in [1.165, 1.54) is 12.5 Å². The SMILES string of the molecule is CC(=O)c1ccc(C(=O)N2CCC(=O)N(Cc3cccc(C)c3)CC2)cc1. The van der Waals surface area contributed by atoms with Crippen molar-refractivity contribution in [2.75, 3.05) is 19.6 Å². The van der Waals surface area contributed by atoms with Crippen molar-refractivity contribution in [2.45, 2.75) is 26.8 Å². The van der Waals surface area contributed by atoms with E-state index in [-0.39, 0.29) is 17.6 Å². The number of amides is 2. The molecule has 140 valence electrons. The third-order valence-corrected chi connectivity index (χ3v) is 4.87. The van der Waals surface area contributed by atoms with Gasteiger partial charge in [-0.3, -0.25) is 14.4 Å². The molecule has 2 amide bonds. The van der Waals surface area contributed by atoms with Gasteiger partial charge in [0, 0.05) is 43.7 Å². The van der Waals surface area contributed by atoms with E-state index in [1.807, 2.05) is 30.0 Å². The number of hydrogen-bond donors (Lipinski definition) is 0. The van der Waals surface area contributed by atoms with E-state index < -0.39 is 0 Å². The van der Waals surface area contributed by atoms with Crippen LogP contribution in [0.4, 0.5) is 0 Å². The third-order valence-electron chi connectivity index (χ3n) is 4.87. The molecule has 0 atom stereocenters. The van der Waals surface area contributed by atoms with Gasteiger partial charge in [-0.2, -0.15) is 0 Å². The summed E-state index contributed by atoms with van der Waals surface area (Å²) < 4.78 is 0. The molecule has 1 aliphatic rings. The molecule has 2 aromatic carbocycles. The highest BCUT2D eigenvalue weighted by Gasteiger charge is 2.24. The summed E-state index contributed by atoms with van der Waals surface area (Å²) in [5, 5.41) is 0. The summed E-state index contributed by atoms with van der Waals surface area (Å²) in [5.74, 6) is -0.0600. The minimum absolute atomic E-state index is 0.0267. The van der Waals surface area contributed by atoms with Crippen molar-refractivity contribution in [1.82, 2.24) is 9.80 Å². The molecule has 0 aromatic heterocycles. The Kier molecular flexibility index (Phi) is 5.69. The Morgan fingerprint density at radius 1 is 0.963 bits per heavy atom. The molecule has 2 aromatic rings. The van der Waals surface area contributed by atoms with Crippen LogP contribution in [0.25, 0.3) is 0 Å².